The van der Waals surface area contributed by atoms with Gasteiger partial charge in [0.05, 0.1) is 6.04 Å². The number of hydrogen-bond donors (Lipinski definition) is 1. The lowest BCUT2D eigenvalue weighted by molar-refractivity contribution is -0.122. The van der Waals surface area contributed by atoms with Crippen LogP contribution in [0.1, 0.15) is 36.1 Å². The normalized spacial score (nSPS) is 21.3. The van der Waals surface area contributed by atoms with Gasteiger partial charge in [0.15, 0.2) is 0 Å². The topological polar surface area (TPSA) is 32.3 Å². The second kappa shape index (κ2) is 6.71. The molecular formula is C18H28N2O. The number of benzene rings is 1. The molecule has 2 rings (SSSR count). The second-order valence-electron chi connectivity index (χ2n) is 6.56. The van der Waals surface area contributed by atoms with E-state index in [1.54, 1.807) is 6.92 Å². The number of nitrogens with one attached hydrogen (secondary N) is 1. The van der Waals surface area contributed by atoms with Crippen LogP contribution in [-0.2, 0) is 11.2 Å². The van der Waals surface area contributed by atoms with Crippen LogP contribution in [0.3, 0.4) is 0 Å². The molecule has 1 N–H and O–H groups in total. The Morgan fingerprint density at radius 2 is 1.95 bits per heavy atom. The highest BCUT2D eigenvalue weighted by atomic mass is 16.1. The number of carbonyl (C=O) groups is 1. The van der Waals surface area contributed by atoms with E-state index in [1.165, 1.54) is 22.3 Å². The number of piperazine rings is 1. The second-order valence-corrected chi connectivity index (χ2v) is 6.56. The summed E-state index contributed by atoms with van der Waals surface area (Å²) < 4.78 is 0. The van der Waals surface area contributed by atoms with Crippen molar-refractivity contribution in [3.63, 3.8) is 0 Å². The quantitative estimate of drug-likeness (QED) is 0.923. The Bertz CT molecular complexity index is 501. The minimum atomic E-state index is 0.00894. The lowest BCUT2D eigenvalue weighted by Gasteiger charge is -2.37. The van der Waals surface area contributed by atoms with Gasteiger partial charge in [-0.15, -0.1) is 0 Å². The maximum atomic E-state index is 12.2. The van der Waals surface area contributed by atoms with Gasteiger partial charge in [-0.2, -0.15) is 0 Å². The molecule has 0 spiro atoms. The predicted octanol–water partition coefficient (Wildman–Crippen LogP) is 2.41. The van der Waals surface area contributed by atoms with Crippen LogP contribution in [-0.4, -0.2) is 42.4 Å². The first-order chi connectivity index (χ1) is 9.88. The molecule has 21 heavy (non-hydrogen) atoms. The molecule has 1 aliphatic heterocycles. The van der Waals surface area contributed by atoms with Crippen molar-refractivity contribution < 1.29 is 4.79 Å². The third kappa shape index (κ3) is 3.92. The standard InChI is InChI=1S/C18H28N2O/c1-12-8-13(2)17(14(3)9-12)10-18(16(5)21)20-7-6-19-15(4)11-20/h8-9,15,18-19H,6-7,10-11H2,1-5H3/t15-,18-/m0/s1. The summed E-state index contributed by atoms with van der Waals surface area (Å²) in [4.78, 5) is 14.5. The smallest absolute Gasteiger partial charge is 0.147 e. The zero-order valence-corrected chi connectivity index (χ0v) is 14.0. The largest absolute Gasteiger partial charge is 0.312 e. The number of nitrogens with zero attached hydrogens (tertiary/aromatic N) is 1. The molecule has 3 nitrogen and oxygen atoms in total. The van der Waals surface area contributed by atoms with Gasteiger partial charge in [0.1, 0.15) is 5.78 Å². The minimum absolute atomic E-state index is 0.00894. The highest BCUT2D eigenvalue weighted by Gasteiger charge is 2.27. The highest BCUT2D eigenvalue weighted by molar-refractivity contribution is 5.82. The molecule has 0 radical (unpaired) electrons. The Kier molecular flexibility index (Phi) is 5.17. The van der Waals surface area contributed by atoms with E-state index in [-0.39, 0.29) is 11.8 Å². The van der Waals surface area contributed by atoms with Crippen molar-refractivity contribution in [1.29, 1.82) is 0 Å². The maximum absolute atomic E-state index is 12.2. The van der Waals surface area contributed by atoms with Crippen LogP contribution >= 0.6 is 0 Å². The molecule has 1 aromatic rings. The number of ketones is 1. The predicted molar refractivity (Wildman–Crippen MR) is 87.9 cm³/mol. The summed E-state index contributed by atoms with van der Waals surface area (Å²) in [5.41, 5.74) is 5.25. The van der Waals surface area contributed by atoms with Gasteiger partial charge < -0.3 is 5.32 Å². The minimum Gasteiger partial charge on any atom is -0.312 e. The van der Waals surface area contributed by atoms with Gasteiger partial charge in [-0.1, -0.05) is 17.7 Å². The molecule has 0 aromatic heterocycles. The lowest BCUT2D eigenvalue weighted by Crippen LogP contribution is -2.55. The molecule has 0 aliphatic carbocycles. The van der Waals surface area contributed by atoms with Gasteiger partial charge in [0, 0.05) is 25.7 Å². The Balaban J connectivity index is 2.23. The molecule has 1 heterocycles. The highest BCUT2D eigenvalue weighted by Crippen LogP contribution is 2.21. The van der Waals surface area contributed by atoms with Gasteiger partial charge in [-0.3, -0.25) is 9.69 Å². The van der Waals surface area contributed by atoms with Crippen molar-refractivity contribution in [2.24, 2.45) is 0 Å². The fourth-order valence-electron chi connectivity index (χ4n) is 3.50. The van der Waals surface area contributed by atoms with E-state index >= 15 is 0 Å². The van der Waals surface area contributed by atoms with E-state index in [9.17, 15) is 4.79 Å². The van der Waals surface area contributed by atoms with Crippen LogP contribution in [0.25, 0.3) is 0 Å². The van der Waals surface area contributed by atoms with Gasteiger partial charge in [0.2, 0.25) is 0 Å². The Labute approximate surface area is 128 Å². The summed E-state index contributed by atoms with van der Waals surface area (Å²) in [6.07, 6.45) is 0.833. The summed E-state index contributed by atoms with van der Waals surface area (Å²) >= 11 is 0. The molecule has 0 bridgehead atoms. The van der Waals surface area contributed by atoms with Crippen molar-refractivity contribution in [3.05, 3.63) is 34.4 Å². The number of hydrogen-bond acceptors (Lipinski definition) is 3. The van der Waals surface area contributed by atoms with Crippen molar-refractivity contribution in [3.8, 4) is 0 Å². The maximum Gasteiger partial charge on any atom is 0.147 e. The molecule has 3 heteroatoms. The first-order valence-electron chi connectivity index (χ1n) is 7.93. The van der Waals surface area contributed by atoms with Gasteiger partial charge in [-0.05, 0) is 57.7 Å². The van der Waals surface area contributed by atoms with E-state index < -0.39 is 0 Å². The van der Waals surface area contributed by atoms with E-state index in [0.29, 0.717) is 6.04 Å². The monoisotopic (exact) mass is 288 g/mol. The van der Waals surface area contributed by atoms with E-state index in [4.69, 9.17) is 0 Å². The van der Waals surface area contributed by atoms with E-state index in [0.717, 1.165) is 26.1 Å². The third-order valence-electron chi connectivity index (χ3n) is 4.55. The van der Waals surface area contributed by atoms with Gasteiger partial charge >= 0.3 is 0 Å². The van der Waals surface area contributed by atoms with Crippen LogP contribution < -0.4 is 5.32 Å². The van der Waals surface area contributed by atoms with Crippen LogP contribution in [0.4, 0.5) is 0 Å². The van der Waals surface area contributed by atoms with Crippen LogP contribution in [0.15, 0.2) is 12.1 Å². The molecule has 0 saturated carbocycles. The SMILES string of the molecule is CC(=O)[C@H](Cc1c(C)cc(C)cc1C)N1CCN[C@@H](C)C1. The van der Waals surface area contributed by atoms with Crippen molar-refractivity contribution in [2.45, 2.75) is 53.1 Å². The van der Waals surface area contributed by atoms with Crippen molar-refractivity contribution >= 4 is 5.78 Å². The summed E-state index contributed by atoms with van der Waals surface area (Å²) in [5.74, 6) is 0.281. The first kappa shape index (κ1) is 16.2. The summed E-state index contributed by atoms with van der Waals surface area (Å²) in [7, 11) is 0. The lowest BCUT2D eigenvalue weighted by atomic mass is 9.92. The van der Waals surface area contributed by atoms with Crippen LogP contribution in [0.2, 0.25) is 0 Å². The number of aryl methyl sites for hydroxylation is 3. The average Bonchev–Trinajstić information content (AvgIpc) is 2.37. The zero-order chi connectivity index (χ0) is 15.6. The Hall–Kier alpha value is -1.19. The van der Waals surface area contributed by atoms with Gasteiger partial charge in [-0.25, -0.2) is 0 Å². The van der Waals surface area contributed by atoms with Crippen LogP contribution in [0, 0.1) is 20.8 Å². The molecule has 1 aliphatic rings. The van der Waals surface area contributed by atoms with E-state index in [1.807, 2.05) is 0 Å². The number of rotatable bonds is 4. The summed E-state index contributed by atoms with van der Waals surface area (Å²) in [6.45, 7) is 13.2. The molecular weight excluding hydrogens is 260 g/mol. The fourth-order valence-corrected chi connectivity index (χ4v) is 3.50. The zero-order valence-electron chi connectivity index (χ0n) is 14.0. The molecule has 1 fully saturated rings. The number of carbonyl (C=O) groups excluding carboxylic acids is 1. The summed E-state index contributed by atoms with van der Waals surface area (Å²) in [6, 6.07) is 4.91. The fraction of sp³-hybridized carbons (Fsp3) is 0.611. The van der Waals surface area contributed by atoms with E-state index in [2.05, 4.69) is 50.0 Å². The van der Waals surface area contributed by atoms with Crippen molar-refractivity contribution in [1.82, 2.24) is 10.2 Å². The molecule has 1 saturated heterocycles. The summed E-state index contributed by atoms with van der Waals surface area (Å²) in [5, 5.41) is 3.45. The third-order valence-corrected chi connectivity index (χ3v) is 4.55. The average molecular weight is 288 g/mol. The van der Waals surface area contributed by atoms with Crippen molar-refractivity contribution in [2.75, 3.05) is 19.6 Å². The Morgan fingerprint density at radius 3 is 2.48 bits per heavy atom. The molecule has 0 unspecified atom stereocenters. The molecule has 116 valence electrons. The molecule has 2 atom stereocenters. The van der Waals surface area contributed by atoms with Crippen LogP contribution in [0.5, 0.6) is 0 Å². The van der Waals surface area contributed by atoms with Gasteiger partial charge in [0.25, 0.3) is 0 Å². The molecule has 0 amide bonds. The molecule has 1 aromatic carbocycles. The first-order valence-corrected chi connectivity index (χ1v) is 7.93. The Morgan fingerprint density at radius 1 is 1.33 bits per heavy atom. The number of Topliss-reactive ketones (excluding diaryl/α,β-unsaturated/α-hetero) is 1.